The van der Waals surface area contributed by atoms with Crippen LogP contribution in [-0.4, -0.2) is 25.0 Å². The number of barbiturate groups is 1. The van der Waals surface area contributed by atoms with Gasteiger partial charge in [0.25, 0.3) is 11.8 Å². The lowest BCUT2D eigenvalue weighted by Crippen LogP contribution is -2.54. The summed E-state index contributed by atoms with van der Waals surface area (Å²) in [6.45, 7) is 1.94. The molecule has 4 rings (SSSR count). The Hall–Kier alpha value is -4.61. The largest absolute Gasteiger partial charge is 0.493 e. The van der Waals surface area contributed by atoms with Gasteiger partial charge in [-0.05, 0) is 54.5 Å². The van der Waals surface area contributed by atoms with Gasteiger partial charge in [-0.3, -0.25) is 14.9 Å². The lowest BCUT2D eigenvalue weighted by atomic mass is 10.1. The van der Waals surface area contributed by atoms with Crippen molar-refractivity contribution in [1.29, 1.82) is 5.26 Å². The predicted octanol–water partition coefficient (Wildman–Crippen LogP) is 4.77. The SMILES string of the molecule is COc1cc(/C=C2/C(=O)NC(=O)N(c3ccc(C)c(Cl)c3)C2=O)ccc1OCc1ccccc1C#N. The molecule has 0 atom stereocenters. The van der Waals surface area contributed by atoms with Crippen molar-refractivity contribution < 1.29 is 23.9 Å². The summed E-state index contributed by atoms with van der Waals surface area (Å²) in [6.07, 6.45) is 1.37. The van der Waals surface area contributed by atoms with Crippen LogP contribution in [0, 0.1) is 18.3 Å². The Labute approximate surface area is 212 Å². The van der Waals surface area contributed by atoms with Crippen molar-refractivity contribution in [3.05, 3.63) is 93.5 Å². The number of carbonyl (C=O) groups is 3. The van der Waals surface area contributed by atoms with Crippen molar-refractivity contribution in [3.8, 4) is 17.6 Å². The minimum Gasteiger partial charge on any atom is -0.493 e. The van der Waals surface area contributed by atoms with Crippen LogP contribution in [0.1, 0.15) is 22.3 Å². The molecule has 1 saturated heterocycles. The summed E-state index contributed by atoms with van der Waals surface area (Å²) in [6, 6.07) is 18.0. The highest BCUT2D eigenvalue weighted by Gasteiger charge is 2.37. The van der Waals surface area contributed by atoms with E-state index in [1.165, 1.54) is 19.3 Å². The van der Waals surface area contributed by atoms with E-state index in [0.29, 0.717) is 27.6 Å². The summed E-state index contributed by atoms with van der Waals surface area (Å²) in [7, 11) is 1.46. The number of aryl methyl sites for hydroxylation is 1. The van der Waals surface area contributed by atoms with Crippen molar-refractivity contribution in [2.45, 2.75) is 13.5 Å². The van der Waals surface area contributed by atoms with Gasteiger partial charge in [-0.15, -0.1) is 0 Å². The molecule has 36 heavy (non-hydrogen) atoms. The molecule has 3 aromatic rings. The molecule has 1 fully saturated rings. The minimum atomic E-state index is -0.860. The first kappa shape index (κ1) is 24.5. The van der Waals surface area contributed by atoms with Gasteiger partial charge in [0.2, 0.25) is 0 Å². The van der Waals surface area contributed by atoms with Crippen LogP contribution < -0.4 is 19.7 Å². The van der Waals surface area contributed by atoms with E-state index in [1.54, 1.807) is 55.5 Å². The summed E-state index contributed by atoms with van der Waals surface area (Å²) in [5.41, 5.74) is 2.50. The van der Waals surface area contributed by atoms with Crippen LogP contribution in [0.4, 0.5) is 10.5 Å². The number of nitrogens with zero attached hydrogens (tertiary/aromatic N) is 2. The molecule has 1 aliphatic rings. The van der Waals surface area contributed by atoms with Crippen LogP contribution in [-0.2, 0) is 16.2 Å². The number of rotatable bonds is 6. The molecule has 180 valence electrons. The molecule has 0 radical (unpaired) electrons. The second-order valence-electron chi connectivity index (χ2n) is 7.86. The van der Waals surface area contributed by atoms with Crippen LogP contribution >= 0.6 is 11.6 Å². The molecule has 4 amide bonds. The molecule has 0 aliphatic carbocycles. The summed E-state index contributed by atoms with van der Waals surface area (Å²) in [5.74, 6) is -0.818. The zero-order chi connectivity index (χ0) is 25.8. The fourth-order valence-electron chi connectivity index (χ4n) is 3.58. The third-order valence-corrected chi connectivity index (χ3v) is 5.94. The maximum atomic E-state index is 13.1. The van der Waals surface area contributed by atoms with Gasteiger partial charge in [0.1, 0.15) is 12.2 Å². The van der Waals surface area contributed by atoms with Crippen molar-refractivity contribution in [2.24, 2.45) is 0 Å². The number of nitrogens with one attached hydrogen (secondary N) is 1. The average molecular weight is 502 g/mol. The van der Waals surface area contributed by atoms with Crippen molar-refractivity contribution >= 4 is 41.2 Å². The highest BCUT2D eigenvalue weighted by Crippen LogP contribution is 2.31. The van der Waals surface area contributed by atoms with E-state index < -0.39 is 17.8 Å². The van der Waals surface area contributed by atoms with Crippen LogP contribution in [0.25, 0.3) is 6.08 Å². The molecule has 9 heteroatoms. The number of halogens is 1. The summed E-state index contributed by atoms with van der Waals surface area (Å²) in [4.78, 5) is 38.9. The second-order valence-corrected chi connectivity index (χ2v) is 8.27. The topological polar surface area (TPSA) is 109 Å². The number of amides is 4. The Balaban J connectivity index is 1.61. The van der Waals surface area contributed by atoms with Gasteiger partial charge in [-0.1, -0.05) is 41.9 Å². The Morgan fingerprint density at radius 3 is 2.56 bits per heavy atom. The molecule has 8 nitrogen and oxygen atoms in total. The predicted molar refractivity (Wildman–Crippen MR) is 134 cm³/mol. The van der Waals surface area contributed by atoms with Crippen LogP contribution in [0.2, 0.25) is 5.02 Å². The molecule has 1 N–H and O–H groups in total. The second kappa shape index (κ2) is 10.3. The van der Waals surface area contributed by atoms with Gasteiger partial charge < -0.3 is 9.47 Å². The van der Waals surface area contributed by atoms with E-state index in [0.717, 1.165) is 16.0 Å². The zero-order valence-electron chi connectivity index (χ0n) is 19.4. The third kappa shape index (κ3) is 4.92. The molecule has 0 unspecified atom stereocenters. The molecule has 3 aromatic carbocycles. The molecule has 1 aliphatic heterocycles. The lowest BCUT2D eigenvalue weighted by molar-refractivity contribution is -0.122. The van der Waals surface area contributed by atoms with Gasteiger partial charge in [0.05, 0.1) is 24.4 Å². The van der Waals surface area contributed by atoms with E-state index in [-0.39, 0.29) is 17.9 Å². The van der Waals surface area contributed by atoms with Gasteiger partial charge in [-0.25, -0.2) is 9.69 Å². The zero-order valence-corrected chi connectivity index (χ0v) is 20.1. The summed E-state index contributed by atoms with van der Waals surface area (Å²) in [5, 5.41) is 11.8. The molecule has 0 aromatic heterocycles. The normalized spacial score (nSPS) is 14.4. The number of urea groups is 1. The van der Waals surface area contributed by atoms with E-state index in [4.69, 9.17) is 21.1 Å². The first-order valence-corrected chi connectivity index (χ1v) is 11.2. The molecule has 0 bridgehead atoms. The summed E-state index contributed by atoms with van der Waals surface area (Å²) < 4.78 is 11.3. The van der Waals surface area contributed by atoms with E-state index in [2.05, 4.69) is 11.4 Å². The van der Waals surface area contributed by atoms with Crippen molar-refractivity contribution in [1.82, 2.24) is 5.32 Å². The third-order valence-electron chi connectivity index (χ3n) is 5.53. The fraction of sp³-hybridized carbons (Fsp3) is 0.111. The minimum absolute atomic E-state index is 0.150. The maximum absolute atomic E-state index is 13.1. The number of ether oxygens (including phenoxy) is 2. The Kier molecular flexibility index (Phi) is 7.04. The highest BCUT2D eigenvalue weighted by atomic mass is 35.5. The number of imide groups is 2. The van der Waals surface area contributed by atoms with Crippen LogP contribution in [0.5, 0.6) is 11.5 Å². The van der Waals surface area contributed by atoms with Crippen LogP contribution in [0.15, 0.2) is 66.2 Å². The Morgan fingerprint density at radius 1 is 1.06 bits per heavy atom. The number of hydrogen-bond donors (Lipinski definition) is 1. The van der Waals surface area contributed by atoms with Crippen molar-refractivity contribution in [2.75, 3.05) is 12.0 Å². The Morgan fingerprint density at radius 2 is 1.83 bits per heavy atom. The first-order chi connectivity index (χ1) is 17.3. The standard InChI is InChI=1S/C27H20ClN3O5/c1-16-7-9-20(13-22(16)28)31-26(33)21(25(32)30-27(31)34)11-17-8-10-23(24(12-17)35-2)36-15-19-6-4-3-5-18(19)14-29/h3-13H,15H2,1-2H3,(H,30,32,34)/b21-11-. The van der Waals surface area contributed by atoms with Crippen LogP contribution in [0.3, 0.4) is 0 Å². The number of methoxy groups -OCH3 is 1. The van der Waals surface area contributed by atoms with Gasteiger partial charge in [0, 0.05) is 10.6 Å². The monoisotopic (exact) mass is 501 g/mol. The average Bonchev–Trinajstić information content (AvgIpc) is 2.87. The fourth-order valence-corrected chi connectivity index (χ4v) is 3.76. The molecular weight excluding hydrogens is 482 g/mol. The molecule has 0 spiro atoms. The number of carbonyl (C=O) groups excluding carboxylic acids is 3. The number of nitriles is 1. The van der Waals surface area contributed by atoms with Gasteiger partial charge in [-0.2, -0.15) is 5.26 Å². The molecule has 0 saturated carbocycles. The highest BCUT2D eigenvalue weighted by molar-refractivity contribution is 6.39. The summed E-state index contributed by atoms with van der Waals surface area (Å²) >= 11 is 6.16. The van der Waals surface area contributed by atoms with E-state index in [1.807, 2.05) is 6.07 Å². The number of benzene rings is 3. The van der Waals surface area contributed by atoms with E-state index in [9.17, 15) is 19.6 Å². The van der Waals surface area contributed by atoms with Gasteiger partial charge >= 0.3 is 6.03 Å². The van der Waals surface area contributed by atoms with E-state index >= 15 is 0 Å². The lowest BCUT2D eigenvalue weighted by Gasteiger charge is -2.26. The number of anilines is 1. The van der Waals surface area contributed by atoms with Gasteiger partial charge in [0.15, 0.2) is 11.5 Å². The first-order valence-electron chi connectivity index (χ1n) is 10.8. The smallest absolute Gasteiger partial charge is 0.335 e. The Bertz CT molecular complexity index is 1460. The molecular formula is C27H20ClN3O5. The number of hydrogen-bond acceptors (Lipinski definition) is 6. The molecule has 1 heterocycles. The quantitative estimate of drug-likeness (QED) is 0.385. The van der Waals surface area contributed by atoms with Crippen molar-refractivity contribution in [3.63, 3.8) is 0 Å². The maximum Gasteiger partial charge on any atom is 0.335 e.